The highest BCUT2D eigenvalue weighted by atomic mass is 79.9. The molecular formula is C12H15BrF2. The lowest BCUT2D eigenvalue weighted by Gasteiger charge is -2.12. The maximum absolute atomic E-state index is 13.3. The van der Waals surface area contributed by atoms with E-state index in [0.717, 1.165) is 12.5 Å². The fourth-order valence-electron chi connectivity index (χ4n) is 1.54. The number of rotatable bonds is 4. The van der Waals surface area contributed by atoms with Gasteiger partial charge in [-0.15, -0.1) is 0 Å². The number of hydrogen-bond acceptors (Lipinski definition) is 0. The predicted molar refractivity (Wildman–Crippen MR) is 62.2 cm³/mol. The van der Waals surface area contributed by atoms with Crippen LogP contribution in [0.15, 0.2) is 18.2 Å². The molecule has 0 aromatic heterocycles. The Morgan fingerprint density at radius 1 is 1.27 bits per heavy atom. The second-order valence-electron chi connectivity index (χ2n) is 4.14. The average Bonchev–Trinajstić information content (AvgIpc) is 2.11. The Morgan fingerprint density at radius 3 is 2.53 bits per heavy atom. The lowest BCUT2D eigenvalue weighted by atomic mass is 10.0. The molecule has 0 bridgehead atoms. The number of benzene rings is 1. The molecule has 0 spiro atoms. The molecule has 0 fully saturated rings. The summed E-state index contributed by atoms with van der Waals surface area (Å²) >= 11 is 3.48. The van der Waals surface area contributed by atoms with Gasteiger partial charge < -0.3 is 0 Å². The van der Waals surface area contributed by atoms with E-state index in [1.165, 1.54) is 0 Å². The minimum atomic E-state index is -0.767. The minimum Gasteiger partial charge on any atom is -0.204 e. The van der Waals surface area contributed by atoms with Gasteiger partial charge in [0.2, 0.25) is 0 Å². The SMILES string of the molecule is CC(C)CC(Br)Cc1cccc(F)c1F. The monoisotopic (exact) mass is 276 g/mol. The van der Waals surface area contributed by atoms with Crippen molar-refractivity contribution in [2.75, 3.05) is 0 Å². The Bertz CT molecular complexity index is 323. The smallest absolute Gasteiger partial charge is 0.162 e. The molecule has 0 aliphatic heterocycles. The summed E-state index contributed by atoms with van der Waals surface area (Å²) < 4.78 is 26.2. The first-order valence-electron chi connectivity index (χ1n) is 5.07. The van der Waals surface area contributed by atoms with Crippen LogP contribution in [0.4, 0.5) is 8.78 Å². The van der Waals surface area contributed by atoms with E-state index in [9.17, 15) is 8.78 Å². The molecule has 0 aliphatic rings. The molecule has 84 valence electrons. The van der Waals surface area contributed by atoms with Crippen molar-refractivity contribution in [1.29, 1.82) is 0 Å². The third kappa shape index (κ3) is 3.90. The summed E-state index contributed by atoms with van der Waals surface area (Å²) in [5.74, 6) is -0.937. The summed E-state index contributed by atoms with van der Waals surface area (Å²) in [4.78, 5) is 0.203. The quantitative estimate of drug-likeness (QED) is 0.719. The number of hydrogen-bond donors (Lipinski definition) is 0. The predicted octanol–water partition coefficient (Wildman–Crippen LogP) is 4.32. The molecule has 1 aromatic rings. The van der Waals surface area contributed by atoms with Gasteiger partial charge in [0, 0.05) is 4.83 Å². The minimum absolute atomic E-state index is 0.203. The zero-order valence-electron chi connectivity index (χ0n) is 8.93. The van der Waals surface area contributed by atoms with Gasteiger partial charge in [-0.1, -0.05) is 41.9 Å². The Hall–Kier alpha value is -0.440. The van der Waals surface area contributed by atoms with Crippen molar-refractivity contribution in [3.63, 3.8) is 0 Å². The molecule has 1 aromatic carbocycles. The summed E-state index contributed by atoms with van der Waals surface area (Å²) in [5.41, 5.74) is 0.442. The van der Waals surface area contributed by atoms with Crippen molar-refractivity contribution in [2.45, 2.75) is 31.5 Å². The molecule has 0 amide bonds. The van der Waals surface area contributed by atoms with Crippen LogP contribution >= 0.6 is 15.9 Å². The topological polar surface area (TPSA) is 0 Å². The zero-order chi connectivity index (χ0) is 11.4. The average molecular weight is 277 g/mol. The Morgan fingerprint density at radius 2 is 1.93 bits per heavy atom. The summed E-state index contributed by atoms with van der Waals surface area (Å²) in [6.45, 7) is 4.21. The van der Waals surface area contributed by atoms with E-state index in [-0.39, 0.29) is 4.83 Å². The number of alkyl halides is 1. The maximum Gasteiger partial charge on any atom is 0.162 e. The van der Waals surface area contributed by atoms with E-state index in [4.69, 9.17) is 0 Å². The van der Waals surface area contributed by atoms with E-state index >= 15 is 0 Å². The van der Waals surface area contributed by atoms with Crippen LogP contribution < -0.4 is 0 Å². The van der Waals surface area contributed by atoms with Crippen LogP contribution in [0.25, 0.3) is 0 Å². The van der Waals surface area contributed by atoms with Crippen LogP contribution in [0, 0.1) is 17.6 Å². The van der Waals surface area contributed by atoms with Crippen LogP contribution in [0.1, 0.15) is 25.8 Å². The van der Waals surface area contributed by atoms with Crippen LogP contribution in [-0.4, -0.2) is 4.83 Å². The highest BCUT2D eigenvalue weighted by Gasteiger charge is 2.13. The highest BCUT2D eigenvalue weighted by molar-refractivity contribution is 9.09. The first kappa shape index (κ1) is 12.6. The van der Waals surface area contributed by atoms with Gasteiger partial charge in [0.15, 0.2) is 11.6 Å². The van der Waals surface area contributed by atoms with E-state index in [0.29, 0.717) is 17.9 Å². The van der Waals surface area contributed by atoms with Crippen LogP contribution in [0.2, 0.25) is 0 Å². The third-order valence-corrected chi connectivity index (χ3v) is 2.90. The summed E-state index contributed by atoms with van der Waals surface area (Å²) in [6, 6.07) is 4.32. The molecule has 0 aliphatic carbocycles. The van der Waals surface area contributed by atoms with Gasteiger partial charge in [0.1, 0.15) is 0 Å². The van der Waals surface area contributed by atoms with Crippen molar-refractivity contribution in [3.05, 3.63) is 35.4 Å². The molecular weight excluding hydrogens is 262 g/mol. The van der Waals surface area contributed by atoms with Crippen LogP contribution in [-0.2, 0) is 6.42 Å². The first-order chi connectivity index (χ1) is 7.00. The molecule has 0 nitrogen and oxygen atoms in total. The van der Waals surface area contributed by atoms with E-state index in [1.807, 2.05) is 0 Å². The van der Waals surface area contributed by atoms with Crippen molar-refractivity contribution >= 4 is 15.9 Å². The highest BCUT2D eigenvalue weighted by Crippen LogP contribution is 2.20. The van der Waals surface area contributed by atoms with E-state index in [1.54, 1.807) is 12.1 Å². The zero-order valence-corrected chi connectivity index (χ0v) is 10.5. The van der Waals surface area contributed by atoms with Crippen molar-refractivity contribution in [2.24, 2.45) is 5.92 Å². The molecule has 15 heavy (non-hydrogen) atoms. The fourth-order valence-corrected chi connectivity index (χ4v) is 2.64. The first-order valence-corrected chi connectivity index (χ1v) is 5.99. The lowest BCUT2D eigenvalue weighted by Crippen LogP contribution is -2.08. The van der Waals surface area contributed by atoms with Gasteiger partial charge in [-0.3, -0.25) is 0 Å². The Labute approximate surface area is 97.8 Å². The van der Waals surface area contributed by atoms with Gasteiger partial charge in [0.05, 0.1) is 0 Å². The lowest BCUT2D eigenvalue weighted by molar-refractivity contribution is 0.493. The van der Waals surface area contributed by atoms with Gasteiger partial charge in [-0.05, 0) is 30.4 Å². The molecule has 1 unspecified atom stereocenters. The van der Waals surface area contributed by atoms with E-state index in [2.05, 4.69) is 29.8 Å². The molecule has 0 saturated carbocycles. The maximum atomic E-state index is 13.3. The standard InChI is InChI=1S/C12H15BrF2/c1-8(2)6-10(13)7-9-4-3-5-11(14)12(9)15/h3-5,8,10H,6-7H2,1-2H3. The van der Waals surface area contributed by atoms with Crippen molar-refractivity contribution < 1.29 is 8.78 Å². The van der Waals surface area contributed by atoms with Gasteiger partial charge in [0.25, 0.3) is 0 Å². The molecule has 3 heteroatoms. The molecule has 1 atom stereocenters. The molecule has 0 radical (unpaired) electrons. The normalized spacial score (nSPS) is 13.2. The van der Waals surface area contributed by atoms with Crippen molar-refractivity contribution in [1.82, 2.24) is 0 Å². The van der Waals surface area contributed by atoms with E-state index < -0.39 is 11.6 Å². The largest absolute Gasteiger partial charge is 0.204 e. The Kier molecular flexibility index (Phi) is 4.71. The fraction of sp³-hybridized carbons (Fsp3) is 0.500. The van der Waals surface area contributed by atoms with Crippen molar-refractivity contribution in [3.8, 4) is 0 Å². The van der Waals surface area contributed by atoms with Crippen LogP contribution in [0.3, 0.4) is 0 Å². The molecule has 1 rings (SSSR count). The molecule has 0 heterocycles. The second kappa shape index (κ2) is 5.59. The Balaban J connectivity index is 2.68. The summed E-state index contributed by atoms with van der Waals surface area (Å²) in [7, 11) is 0. The third-order valence-electron chi connectivity index (χ3n) is 2.20. The van der Waals surface area contributed by atoms with Crippen LogP contribution in [0.5, 0.6) is 0 Å². The second-order valence-corrected chi connectivity index (χ2v) is 5.44. The summed E-state index contributed by atoms with van der Waals surface area (Å²) in [6.07, 6.45) is 1.48. The van der Waals surface area contributed by atoms with Gasteiger partial charge in [-0.25, -0.2) is 8.78 Å². The molecule has 0 N–H and O–H groups in total. The van der Waals surface area contributed by atoms with Gasteiger partial charge in [-0.2, -0.15) is 0 Å². The summed E-state index contributed by atoms with van der Waals surface area (Å²) in [5, 5.41) is 0. The molecule has 0 saturated heterocycles. The van der Waals surface area contributed by atoms with Gasteiger partial charge >= 0.3 is 0 Å². The number of halogens is 3.